The zero-order valence-corrected chi connectivity index (χ0v) is 23.0. The van der Waals surface area contributed by atoms with Crippen LogP contribution in [0.25, 0.3) is 10.9 Å². The summed E-state index contributed by atoms with van der Waals surface area (Å²) in [5, 5.41) is 20.1. The second-order valence-electron chi connectivity index (χ2n) is 10.2. The molecule has 1 saturated heterocycles. The predicted octanol–water partition coefficient (Wildman–Crippen LogP) is 6.29. The lowest BCUT2D eigenvalue weighted by atomic mass is 9.71. The largest absolute Gasteiger partial charge is 0.497 e. The summed E-state index contributed by atoms with van der Waals surface area (Å²) in [6, 6.07) is 6.45. The number of halogens is 4. The van der Waals surface area contributed by atoms with Crippen LogP contribution in [0.3, 0.4) is 0 Å². The molecule has 3 aromatic rings. The summed E-state index contributed by atoms with van der Waals surface area (Å²) in [5.41, 5.74) is 0.686. The van der Waals surface area contributed by atoms with Crippen LogP contribution in [0.5, 0.6) is 5.75 Å². The van der Waals surface area contributed by atoms with E-state index in [0.29, 0.717) is 84.6 Å². The number of hydrogen-bond donors (Lipinski definition) is 2. The van der Waals surface area contributed by atoms with Gasteiger partial charge in [0, 0.05) is 47.1 Å². The van der Waals surface area contributed by atoms with Gasteiger partial charge < -0.3 is 19.8 Å². The molecular weight excluding hydrogens is 548 g/mol. The lowest BCUT2D eigenvalue weighted by molar-refractivity contribution is -0.141. The number of fused-ring (bicyclic) bond motifs is 1. The number of hydrogen-bond acceptors (Lipinski definition) is 6. The molecule has 216 valence electrons. The number of likely N-dealkylation sites (tertiary alicyclic amines) is 1. The van der Waals surface area contributed by atoms with E-state index in [4.69, 9.17) is 4.74 Å². The first-order valence-electron chi connectivity index (χ1n) is 13.1. The third kappa shape index (κ3) is 7.05. The molecule has 0 saturated carbocycles. The van der Waals surface area contributed by atoms with Crippen LogP contribution >= 0.6 is 11.8 Å². The highest BCUT2D eigenvalue weighted by Crippen LogP contribution is 2.43. The molecule has 40 heavy (non-hydrogen) atoms. The van der Waals surface area contributed by atoms with Crippen LogP contribution in [0.15, 0.2) is 41.4 Å². The fourth-order valence-electron chi connectivity index (χ4n) is 5.46. The van der Waals surface area contributed by atoms with Crippen molar-refractivity contribution in [1.82, 2.24) is 9.88 Å². The third-order valence-corrected chi connectivity index (χ3v) is 8.74. The molecule has 11 heteroatoms. The first kappa shape index (κ1) is 30.1. The number of aliphatic hydroxyl groups excluding tert-OH is 1. The number of nitrogens with zero attached hydrogens (tertiary/aromatic N) is 2. The van der Waals surface area contributed by atoms with Gasteiger partial charge in [-0.1, -0.05) is 0 Å². The Morgan fingerprint density at radius 2 is 1.88 bits per heavy atom. The van der Waals surface area contributed by atoms with Crippen molar-refractivity contribution in [3.63, 3.8) is 0 Å². The minimum absolute atomic E-state index is 0.0789. The van der Waals surface area contributed by atoms with Gasteiger partial charge in [-0.05, 0) is 62.4 Å². The van der Waals surface area contributed by atoms with Crippen molar-refractivity contribution < 1.29 is 37.3 Å². The number of piperidine rings is 1. The van der Waals surface area contributed by atoms with Crippen LogP contribution < -0.4 is 4.74 Å². The molecule has 6 nitrogen and oxygen atoms in total. The molecule has 2 heterocycles. The van der Waals surface area contributed by atoms with Gasteiger partial charge in [0.2, 0.25) is 0 Å². The smallest absolute Gasteiger partial charge is 0.303 e. The second-order valence-corrected chi connectivity index (χ2v) is 11.3. The number of alkyl halides is 1. The molecule has 1 aliphatic heterocycles. The number of aliphatic carboxylic acids is 1. The molecular formula is C29H32F4N2O4S. The molecule has 1 fully saturated rings. The molecule has 0 spiro atoms. The molecule has 1 aromatic heterocycles. The van der Waals surface area contributed by atoms with Crippen LogP contribution in [0, 0.1) is 22.9 Å². The van der Waals surface area contributed by atoms with E-state index in [2.05, 4.69) is 9.88 Å². The molecule has 4 rings (SSSR count). The quantitative estimate of drug-likeness (QED) is 0.192. The zero-order chi connectivity index (χ0) is 28.9. The van der Waals surface area contributed by atoms with E-state index in [1.807, 2.05) is 0 Å². The third-order valence-electron chi connectivity index (χ3n) is 7.67. The Kier molecular flexibility index (Phi) is 9.91. The highest BCUT2D eigenvalue weighted by Gasteiger charge is 2.37. The fraction of sp³-hybridized carbons (Fsp3) is 0.448. The first-order chi connectivity index (χ1) is 19.1. The van der Waals surface area contributed by atoms with E-state index in [9.17, 15) is 28.2 Å². The molecule has 2 N–H and O–H groups in total. The summed E-state index contributed by atoms with van der Waals surface area (Å²) in [4.78, 5) is 17.9. The van der Waals surface area contributed by atoms with Gasteiger partial charge in [0.25, 0.3) is 0 Å². The molecule has 2 aromatic carbocycles. The maximum Gasteiger partial charge on any atom is 0.303 e. The van der Waals surface area contributed by atoms with Crippen LogP contribution in [0.2, 0.25) is 0 Å². The molecule has 1 aliphatic rings. The van der Waals surface area contributed by atoms with E-state index in [1.54, 1.807) is 18.2 Å². The number of carboxylic acid groups (broad SMARTS) is 1. The SMILES string of the molecule is COc1ccc2ncc(CO)c([C@H](F)CCC3(CC(=O)O)CCN(CCSc4c(F)cc(F)cc4F)CC3)c2c1. The van der Waals surface area contributed by atoms with Crippen LogP contribution in [0.4, 0.5) is 17.6 Å². The van der Waals surface area contributed by atoms with E-state index in [1.165, 1.54) is 13.3 Å². The molecule has 0 amide bonds. The van der Waals surface area contributed by atoms with E-state index >= 15 is 4.39 Å². The van der Waals surface area contributed by atoms with Crippen molar-refractivity contribution in [1.29, 1.82) is 0 Å². The highest BCUT2D eigenvalue weighted by molar-refractivity contribution is 7.99. The normalized spacial score (nSPS) is 16.2. The average molecular weight is 581 g/mol. The summed E-state index contributed by atoms with van der Waals surface area (Å²) in [5.74, 6) is -2.88. The van der Waals surface area contributed by atoms with Gasteiger partial charge in [-0.25, -0.2) is 17.6 Å². The Morgan fingerprint density at radius 3 is 2.50 bits per heavy atom. The van der Waals surface area contributed by atoms with Crippen LogP contribution in [-0.4, -0.2) is 58.6 Å². The molecule has 0 aliphatic carbocycles. The van der Waals surface area contributed by atoms with Gasteiger partial charge in [-0.3, -0.25) is 9.78 Å². The van der Waals surface area contributed by atoms with E-state index < -0.39 is 35.0 Å². The van der Waals surface area contributed by atoms with Crippen LogP contribution in [-0.2, 0) is 11.4 Å². The number of thioether (sulfide) groups is 1. The van der Waals surface area contributed by atoms with E-state index in [-0.39, 0.29) is 24.3 Å². The Bertz CT molecular complexity index is 1320. The summed E-state index contributed by atoms with van der Waals surface area (Å²) in [6.07, 6.45) is 1.42. The summed E-state index contributed by atoms with van der Waals surface area (Å²) in [7, 11) is 1.51. The number of aliphatic hydroxyl groups is 1. The average Bonchev–Trinajstić information content (AvgIpc) is 2.92. The van der Waals surface area contributed by atoms with Gasteiger partial charge in [-0.15, -0.1) is 11.8 Å². The lowest BCUT2D eigenvalue weighted by Gasteiger charge is -2.41. The number of carboxylic acids is 1. The molecule has 0 radical (unpaired) electrons. The van der Waals surface area contributed by atoms with Crippen molar-refractivity contribution in [2.75, 3.05) is 32.5 Å². The minimum Gasteiger partial charge on any atom is -0.497 e. The van der Waals surface area contributed by atoms with Gasteiger partial charge in [-0.2, -0.15) is 0 Å². The summed E-state index contributed by atoms with van der Waals surface area (Å²) >= 11 is 0.969. The Hall–Kier alpha value is -2.89. The van der Waals surface area contributed by atoms with Gasteiger partial charge in [0.1, 0.15) is 29.4 Å². The highest BCUT2D eigenvalue weighted by atomic mass is 32.2. The number of rotatable bonds is 12. The lowest BCUT2D eigenvalue weighted by Crippen LogP contribution is -2.42. The first-order valence-corrected chi connectivity index (χ1v) is 14.1. The molecule has 0 bridgehead atoms. The number of carbonyl (C=O) groups is 1. The Morgan fingerprint density at radius 1 is 1.18 bits per heavy atom. The second kappa shape index (κ2) is 13.2. The van der Waals surface area contributed by atoms with Gasteiger partial charge in [0.05, 0.1) is 30.5 Å². The molecule has 0 unspecified atom stereocenters. The zero-order valence-electron chi connectivity index (χ0n) is 22.1. The molecule has 1 atom stereocenters. The maximum absolute atomic E-state index is 15.9. The topological polar surface area (TPSA) is 82.9 Å². The fourth-order valence-corrected chi connectivity index (χ4v) is 6.41. The maximum atomic E-state index is 15.9. The number of aromatic nitrogens is 1. The standard InChI is InChI=1S/C29H32F4N2O4S/c1-39-20-2-3-25-21(14-20)27(18(17-36)16-34-25)22(31)4-5-29(15-26(37)38)6-8-35(9-7-29)10-11-40-28-23(32)12-19(30)13-24(28)33/h2-3,12-14,16,22,36H,4-11,15,17H2,1H3,(H,37,38)/t22-/m1/s1. The van der Waals surface area contributed by atoms with E-state index in [0.717, 1.165) is 11.8 Å². The van der Waals surface area contributed by atoms with Gasteiger partial charge >= 0.3 is 5.97 Å². The van der Waals surface area contributed by atoms with Crippen molar-refractivity contribution >= 4 is 28.6 Å². The minimum atomic E-state index is -1.44. The number of ether oxygens (including phenoxy) is 1. The van der Waals surface area contributed by atoms with Gasteiger partial charge in [0.15, 0.2) is 0 Å². The Balaban J connectivity index is 1.41. The monoisotopic (exact) mass is 580 g/mol. The summed E-state index contributed by atoms with van der Waals surface area (Å²) in [6.45, 7) is 1.27. The van der Waals surface area contributed by atoms with Crippen LogP contribution in [0.1, 0.15) is 49.4 Å². The summed E-state index contributed by atoms with van der Waals surface area (Å²) < 4.78 is 62.2. The van der Waals surface area contributed by atoms with Crippen molar-refractivity contribution in [2.24, 2.45) is 5.41 Å². The van der Waals surface area contributed by atoms with Crippen molar-refractivity contribution in [3.8, 4) is 5.75 Å². The number of pyridine rings is 1. The Labute approximate surface area is 234 Å². The van der Waals surface area contributed by atoms with Crippen molar-refractivity contribution in [3.05, 3.63) is 65.1 Å². The predicted molar refractivity (Wildman–Crippen MR) is 145 cm³/mol. The van der Waals surface area contributed by atoms with Crippen molar-refractivity contribution in [2.45, 2.75) is 49.8 Å². The number of benzene rings is 2. The number of methoxy groups -OCH3 is 1.